The van der Waals surface area contributed by atoms with Gasteiger partial charge < -0.3 is 5.32 Å². The summed E-state index contributed by atoms with van der Waals surface area (Å²) in [5.41, 5.74) is 7.10. The standard InChI is InChI=1S/C18H20BrN/c1-12-16(7-4-8-17(12)19)18(20-2)15-10-9-13-5-3-6-14(13)11-15/h4,7-11,18,20H,3,5-6H2,1-2H3. The normalized spacial score (nSPS) is 15.2. The van der Waals surface area contributed by atoms with Crippen molar-refractivity contribution in [1.82, 2.24) is 5.32 Å². The fourth-order valence-corrected chi connectivity index (χ4v) is 3.59. The van der Waals surface area contributed by atoms with Crippen molar-refractivity contribution >= 4 is 15.9 Å². The van der Waals surface area contributed by atoms with Crippen molar-refractivity contribution in [3.8, 4) is 0 Å². The number of rotatable bonds is 3. The lowest BCUT2D eigenvalue weighted by Crippen LogP contribution is -2.19. The van der Waals surface area contributed by atoms with Gasteiger partial charge in [0, 0.05) is 4.47 Å². The summed E-state index contributed by atoms with van der Waals surface area (Å²) >= 11 is 3.64. The number of hydrogen-bond acceptors (Lipinski definition) is 1. The van der Waals surface area contributed by atoms with Gasteiger partial charge in [0.05, 0.1) is 6.04 Å². The number of hydrogen-bond donors (Lipinski definition) is 1. The van der Waals surface area contributed by atoms with E-state index in [-0.39, 0.29) is 6.04 Å². The molecule has 0 aliphatic heterocycles. The Morgan fingerprint density at radius 3 is 2.70 bits per heavy atom. The molecule has 0 saturated carbocycles. The lowest BCUT2D eigenvalue weighted by atomic mass is 9.93. The fourth-order valence-electron chi connectivity index (χ4n) is 3.21. The second-order valence-corrected chi connectivity index (χ2v) is 6.41. The zero-order valence-corrected chi connectivity index (χ0v) is 13.6. The van der Waals surface area contributed by atoms with E-state index in [1.54, 1.807) is 0 Å². The Labute approximate surface area is 129 Å². The molecule has 1 aliphatic rings. The quantitative estimate of drug-likeness (QED) is 0.870. The first-order valence-corrected chi connectivity index (χ1v) is 8.04. The molecule has 1 atom stereocenters. The van der Waals surface area contributed by atoms with E-state index in [1.807, 2.05) is 7.05 Å². The lowest BCUT2D eigenvalue weighted by Gasteiger charge is -2.21. The predicted octanol–water partition coefficient (Wildman–Crippen LogP) is 4.56. The van der Waals surface area contributed by atoms with Gasteiger partial charge in [-0.05, 0) is 67.1 Å². The molecular formula is C18H20BrN. The van der Waals surface area contributed by atoms with Crippen molar-refractivity contribution in [3.05, 3.63) is 68.7 Å². The van der Waals surface area contributed by atoms with Gasteiger partial charge in [-0.1, -0.05) is 46.3 Å². The maximum Gasteiger partial charge on any atom is 0.0577 e. The molecular weight excluding hydrogens is 310 g/mol. The van der Waals surface area contributed by atoms with Crippen molar-refractivity contribution < 1.29 is 0 Å². The summed E-state index contributed by atoms with van der Waals surface area (Å²) in [5, 5.41) is 3.47. The van der Waals surface area contributed by atoms with Gasteiger partial charge in [-0.15, -0.1) is 0 Å². The molecule has 104 valence electrons. The molecule has 0 radical (unpaired) electrons. The van der Waals surface area contributed by atoms with Gasteiger partial charge in [-0.25, -0.2) is 0 Å². The summed E-state index contributed by atoms with van der Waals surface area (Å²) in [6.45, 7) is 2.18. The van der Waals surface area contributed by atoms with Gasteiger partial charge >= 0.3 is 0 Å². The Balaban J connectivity index is 2.03. The van der Waals surface area contributed by atoms with Crippen LogP contribution in [0, 0.1) is 6.92 Å². The van der Waals surface area contributed by atoms with E-state index in [2.05, 4.69) is 64.6 Å². The molecule has 2 aromatic carbocycles. The zero-order chi connectivity index (χ0) is 14.1. The van der Waals surface area contributed by atoms with Crippen LogP contribution >= 0.6 is 15.9 Å². The van der Waals surface area contributed by atoms with E-state index in [0.29, 0.717) is 0 Å². The number of fused-ring (bicyclic) bond motifs is 1. The topological polar surface area (TPSA) is 12.0 Å². The van der Waals surface area contributed by atoms with Crippen LogP contribution in [0.25, 0.3) is 0 Å². The van der Waals surface area contributed by atoms with Crippen LogP contribution in [0.3, 0.4) is 0 Å². The predicted molar refractivity (Wildman–Crippen MR) is 88.2 cm³/mol. The summed E-state index contributed by atoms with van der Waals surface area (Å²) in [5.74, 6) is 0. The first-order chi connectivity index (χ1) is 9.70. The molecule has 1 unspecified atom stereocenters. The second-order valence-electron chi connectivity index (χ2n) is 5.56. The van der Waals surface area contributed by atoms with Gasteiger partial charge in [0.25, 0.3) is 0 Å². The van der Waals surface area contributed by atoms with E-state index in [4.69, 9.17) is 0 Å². The third kappa shape index (κ3) is 2.43. The molecule has 1 nitrogen and oxygen atoms in total. The van der Waals surface area contributed by atoms with Crippen LogP contribution in [-0.2, 0) is 12.8 Å². The summed E-state index contributed by atoms with van der Waals surface area (Å²) < 4.78 is 1.18. The Morgan fingerprint density at radius 2 is 1.90 bits per heavy atom. The van der Waals surface area contributed by atoms with Gasteiger partial charge in [0.2, 0.25) is 0 Å². The van der Waals surface area contributed by atoms with Gasteiger partial charge in [-0.3, -0.25) is 0 Å². The van der Waals surface area contributed by atoms with Gasteiger partial charge in [0.15, 0.2) is 0 Å². The van der Waals surface area contributed by atoms with E-state index in [0.717, 1.165) is 0 Å². The molecule has 0 fully saturated rings. The minimum absolute atomic E-state index is 0.262. The Hall–Kier alpha value is -1.12. The minimum Gasteiger partial charge on any atom is -0.309 e. The van der Waals surface area contributed by atoms with Crippen molar-refractivity contribution in [3.63, 3.8) is 0 Å². The lowest BCUT2D eigenvalue weighted by molar-refractivity contribution is 0.686. The molecule has 0 heterocycles. The van der Waals surface area contributed by atoms with E-state index < -0.39 is 0 Å². The summed E-state index contributed by atoms with van der Waals surface area (Å²) in [6, 6.07) is 13.7. The Morgan fingerprint density at radius 1 is 1.10 bits per heavy atom. The van der Waals surface area contributed by atoms with E-state index in [1.165, 1.54) is 51.6 Å². The van der Waals surface area contributed by atoms with E-state index >= 15 is 0 Å². The fraction of sp³-hybridized carbons (Fsp3) is 0.333. The van der Waals surface area contributed by atoms with Crippen molar-refractivity contribution in [2.24, 2.45) is 0 Å². The summed E-state index contributed by atoms with van der Waals surface area (Å²) in [6.07, 6.45) is 3.78. The Bertz CT molecular complexity index is 633. The monoisotopic (exact) mass is 329 g/mol. The zero-order valence-electron chi connectivity index (χ0n) is 12.0. The smallest absolute Gasteiger partial charge is 0.0577 e. The van der Waals surface area contributed by atoms with Crippen LogP contribution in [0.5, 0.6) is 0 Å². The third-order valence-corrected chi connectivity index (χ3v) is 5.22. The molecule has 0 spiro atoms. The van der Waals surface area contributed by atoms with Crippen LogP contribution in [0.4, 0.5) is 0 Å². The maximum absolute atomic E-state index is 3.64. The van der Waals surface area contributed by atoms with Crippen LogP contribution in [-0.4, -0.2) is 7.05 Å². The number of nitrogens with one attached hydrogen (secondary N) is 1. The molecule has 2 heteroatoms. The molecule has 1 aliphatic carbocycles. The van der Waals surface area contributed by atoms with Crippen molar-refractivity contribution in [2.75, 3.05) is 7.05 Å². The maximum atomic E-state index is 3.64. The first kappa shape index (κ1) is 13.8. The van der Waals surface area contributed by atoms with Gasteiger partial charge in [0.1, 0.15) is 0 Å². The average Bonchev–Trinajstić information content (AvgIpc) is 2.92. The van der Waals surface area contributed by atoms with Crippen LogP contribution in [0.2, 0.25) is 0 Å². The molecule has 2 aromatic rings. The highest BCUT2D eigenvalue weighted by Gasteiger charge is 2.18. The number of aryl methyl sites for hydroxylation is 2. The third-order valence-electron chi connectivity index (χ3n) is 4.37. The highest BCUT2D eigenvalue weighted by molar-refractivity contribution is 9.10. The highest BCUT2D eigenvalue weighted by Crippen LogP contribution is 2.31. The summed E-state index contributed by atoms with van der Waals surface area (Å²) in [4.78, 5) is 0. The number of halogens is 1. The molecule has 0 bridgehead atoms. The van der Waals surface area contributed by atoms with Crippen molar-refractivity contribution in [1.29, 1.82) is 0 Å². The highest BCUT2D eigenvalue weighted by atomic mass is 79.9. The van der Waals surface area contributed by atoms with Crippen LogP contribution < -0.4 is 5.32 Å². The van der Waals surface area contributed by atoms with Crippen LogP contribution in [0.1, 0.15) is 40.3 Å². The summed E-state index contributed by atoms with van der Waals surface area (Å²) in [7, 11) is 2.04. The largest absolute Gasteiger partial charge is 0.309 e. The molecule has 1 N–H and O–H groups in total. The number of benzene rings is 2. The van der Waals surface area contributed by atoms with Crippen LogP contribution in [0.15, 0.2) is 40.9 Å². The SMILES string of the molecule is CNC(c1ccc2c(c1)CCC2)c1cccc(Br)c1C. The second kappa shape index (κ2) is 5.71. The molecule has 0 aromatic heterocycles. The van der Waals surface area contributed by atoms with E-state index in [9.17, 15) is 0 Å². The first-order valence-electron chi connectivity index (χ1n) is 7.24. The minimum atomic E-state index is 0.262. The molecule has 20 heavy (non-hydrogen) atoms. The average molecular weight is 330 g/mol. The van der Waals surface area contributed by atoms with Crippen molar-refractivity contribution in [2.45, 2.75) is 32.2 Å². The molecule has 0 amide bonds. The Kier molecular flexibility index (Phi) is 3.95. The molecule has 0 saturated heterocycles. The molecule has 3 rings (SSSR count). The van der Waals surface area contributed by atoms with Gasteiger partial charge in [-0.2, -0.15) is 0 Å².